The average molecular weight is 401 g/mol. The number of hydrogen-bond acceptors (Lipinski definition) is 6. The number of ether oxygens (including phenoxy) is 2. The number of aromatic nitrogens is 4. The largest absolute Gasteiger partial charge is 0.493 e. The van der Waals surface area contributed by atoms with E-state index in [1.807, 2.05) is 43.3 Å². The lowest BCUT2D eigenvalue weighted by atomic mass is 10.2. The van der Waals surface area contributed by atoms with Gasteiger partial charge in [-0.25, -0.2) is 9.97 Å². The summed E-state index contributed by atoms with van der Waals surface area (Å²) >= 11 is 7.56. The maximum atomic E-state index is 5.96. The zero-order chi connectivity index (χ0) is 19.0. The van der Waals surface area contributed by atoms with Gasteiger partial charge in [-0.2, -0.15) is 4.52 Å². The average Bonchev–Trinajstić information content (AvgIpc) is 3.08. The zero-order valence-corrected chi connectivity index (χ0v) is 16.6. The maximum absolute atomic E-state index is 5.96. The van der Waals surface area contributed by atoms with E-state index < -0.39 is 0 Å². The van der Waals surface area contributed by atoms with Crippen LogP contribution in [0.3, 0.4) is 0 Å². The number of hydrogen-bond donors (Lipinski definition) is 0. The van der Waals surface area contributed by atoms with Crippen molar-refractivity contribution in [2.45, 2.75) is 17.8 Å². The van der Waals surface area contributed by atoms with Crippen LogP contribution in [0.5, 0.6) is 11.5 Å². The van der Waals surface area contributed by atoms with Crippen molar-refractivity contribution in [1.29, 1.82) is 0 Å². The molecule has 8 heteroatoms. The molecule has 0 atom stereocenters. The smallest absolute Gasteiger partial charge is 0.191 e. The summed E-state index contributed by atoms with van der Waals surface area (Å²) in [6.45, 7) is 1.87. The molecule has 0 amide bonds. The van der Waals surface area contributed by atoms with Gasteiger partial charge < -0.3 is 9.47 Å². The molecule has 0 aliphatic rings. The minimum absolute atomic E-state index is 0.631. The maximum Gasteiger partial charge on any atom is 0.191 e. The van der Waals surface area contributed by atoms with Gasteiger partial charge in [-0.1, -0.05) is 35.5 Å². The summed E-state index contributed by atoms with van der Waals surface area (Å²) in [5.41, 5.74) is 2.69. The molecule has 2 aromatic carbocycles. The van der Waals surface area contributed by atoms with E-state index >= 15 is 0 Å². The highest BCUT2D eigenvalue weighted by Gasteiger charge is 2.16. The summed E-state index contributed by atoms with van der Waals surface area (Å²) in [6, 6.07) is 11.5. The number of methoxy groups -OCH3 is 2. The van der Waals surface area contributed by atoms with Gasteiger partial charge in [0.2, 0.25) is 0 Å². The molecular weight excluding hydrogens is 384 g/mol. The highest BCUT2D eigenvalue weighted by Crippen LogP contribution is 2.34. The van der Waals surface area contributed by atoms with Crippen LogP contribution in [0.2, 0.25) is 5.02 Å². The van der Waals surface area contributed by atoms with Gasteiger partial charge in [-0.15, -0.1) is 5.10 Å². The normalized spacial score (nSPS) is 11.3. The van der Waals surface area contributed by atoms with Crippen molar-refractivity contribution >= 4 is 39.9 Å². The Kier molecular flexibility index (Phi) is 4.80. The molecule has 2 aromatic heterocycles. The van der Waals surface area contributed by atoms with Crippen LogP contribution in [0.25, 0.3) is 16.6 Å². The fourth-order valence-corrected chi connectivity index (χ4v) is 3.86. The molecule has 4 rings (SSSR count). The first kappa shape index (κ1) is 17.9. The van der Waals surface area contributed by atoms with Crippen LogP contribution in [0.15, 0.2) is 41.6 Å². The van der Waals surface area contributed by atoms with Crippen LogP contribution in [0.4, 0.5) is 0 Å². The molecular formula is C19H17ClN4O2S. The van der Waals surface area contributed by atoms with E-state index in [0.29, 0.717) is 17.3 Å². The van der Waals surface area contributed by atoms with Gasteiger partial charge in [-0.05, 0) is 30.7 Å². The van der Waals surface area contributed by atoms with Crippen LogP contribution in [-0.4, -0.2) is 33.8 Å². The van der Waals surface area contributed by atoms with Gasteiger partial charge in [0.25, 0.3) is 0 Å². The first-order valence-electron chi connectivity index (χ1n) is 8.25. The van der Waals surface area contributed by atoms with Gasteiger partial charge >= 0.3 is 0 Å². The number of thioether (sulfide) groups is 1. The summed E-state index contributed by atoms with van der Waals surface area (Å²) < 4.78 is 12.6. The number of rotatable bonds is 5. The van der Waals surface area contributed by atoms with E-state index in [1.54, 1.807) is 30.5 Å². The van der Waals surface area contributed by atoms with E-state index in [0.717, 1.165) is 38.0 Å². The summed E-state index contributed by atoms with van der Waals surface area (Å²) in [5, 5.41) is 6.87. The highest BCUT2D eigenvalue weighted by molar-refractivity contribution is 7.98. The molecule has 138 valence electrons. The second kappa shape index (κ2) is 7.25. The van der Waals surface area contributed by atoms with Crippen LogP contribution < -0.4 is 9.47 Å². The van der Waals surface area contributed by atoms with Crippen molar-refractivity contribution in [1.82, 2.24) is 19.6 Å². The molecule has 27 heavy (non-hydrogen) atoms. The minimum Gasteiger partial charge on any atom is -0.493 e. The third-order valence-electron chi connectivity index (χ3n) is 4.13. The van der Waals surface area contributed by atoms with Crippen LogP contribution in [0, 0.1) is 6.92 Å². The summed E-state index contributed by atoms with van der Waals surface area (Å²) in [6.07, 6.45) is 0. The second-order valence-electron chi connectivity index (χ2n) is 5.93. The first-order chi connectivity index (χ1) is 13.1. The standard InChI is InChI=1S/C19H17ClN4O2S/c1-11-21-18-14-8-16(25-2)17(26-3)9-15(14)22-19(24(18)23-11)27-10-12-4-6-13(20)7-5-12/h4-9H,10H2,1-3H3. The summed E-state index contributed by atoms with van der Waals surface area (Å²) in [5.74, 6) is 2.70. The van der Waals surface area contributed by atoms with Crippen molar-refractivity contribution in [3.05, 3.63) is 52.8 Å². The molecule has 0 spiro atoms. The third kappa shape index (κ3) is 3.40. The number of benzene rings is 2. The number of aryl methyl sites for hydroxylation is 1. The molecule has 2 heterocycles. The fraction of sp³-hybridized carbons (Fsp3) is 0.211. The molecule has 0 radical (unpaired) electrons. The topological polar surface area (TPSA) is 61.5 Å². The third-order valence-corrected chi connectivity index (χ3v) is 5.39. The van der Waals surface area contributed by atoms with E-state index in [1.165, 1.54) is 0 Å². The van der Waals surface area contributed by atoms with Crippen molar-refractivity contribution in [3.63, 3.8) is 0 Å². The predicted octanol–water partition coefficient (Wildman–Crippen LogP) is 4.55. The number of fused-ring (bicyclic) bond motifs is 3. The number of halogens is 1. The van der Waals surface area contributed by atoms with E-state index in [9.17, 15) is 0 Å². The van der Waals surface area contributed by atoms with Gasteiger partial charge in [-0.3, -0.25) is 0 Å². The fourth-order valence-electron chi connectivity index (χ4n) is 2.83. The van der Waals surface area contributed by atoms with Gasteiger partial charge in [0.1, 0.15) is 5.82 Å². The molecule has 0 saturated carbocycles. The molecule has 0 saturated heterocycles. The van der Waals surface area contributed by atoms with E-state index in [2.05, 4.69) is 10.1 Å². The Labute approximate surface area is 165 Å². The van der Waals surface area contributed by atoms with Crippen molar-refractivity contribution < 1.29 is 9.47 Å². The molecule has 0 aliphatic heterocycles. The Morgan fingerprint density at radius 3 is 2.44 bits per heavy atom. The molecule has 4 aromatic rings. The van der Waals surface area contributed by atoms with E-state index in [-0.39, 0.29) is 0 Å². The first-order valence-corrected chi connectivity index (χ1v) is 9.61. The molecule has 0 N–H and O–H groups in total. The Bertz CT molecular complexity index is 1130. The Balaban J connectivity index is 1.82. The number of nitrogens with zero attached hydrogens (tertiary/aromatic N) is 4. The summed E-state index contributed by atoms with van der Waals surface area (Å²) in [4.78, 5) is 9.38. The molecule has 0 fully saturated rings. The van der Waals surface area contributed by atoms with Gasteiger partial charge in [0, 0.05) is 22.2 Å². The van der Waals surface area contributed by atoms with Crippen molar-refractivity contribution in [3.8, 4) is 11.5 Å². The highest BCUT2D eigenvalue weighted by atomic mass is 35.5. The Hall–Kier alpha value is -2.51. The molecule has 0 bridgehead atoms. The van der Waals surface area contributed by atoms with Gasteiger partial charge in [0.15, 0.2) is 22.3 Å². The van der Waals surface area contributed by atoms with Crippen LogP contribution in [0.1, 0.15) is 11.4 Å². The molecule has 0 unspecified atom stereocenters. The molecule has 6 nitrogen and oxygen atoms in total. The summed E-state index contributed by atoms with van der Waals surface area (Å²) in [7, 11) is 3.22. The zero-order valence-electron chi connectivity index (χ0n) is 15.1. The van der Waals surface area contributed by atoms with Crippen molar-refractivity contribution in [2.75, 3.05) is 14.2 Å². The monoisotopic (exact) mass is 400 g/mol. The van der Waals surface area contributed by atoms with Crippen molar-refractivity contribution in [2.24, 2.45) is 0 Å². The molecule has 0 aliphatic carbocycles. The lowest BCUT2D eigenvalue weighted by Crippen LogP contribution is -2.00. The minimum atomic E-state index is 0.631. The van der Waals surface area contributed by atoms with Crippen LogP contribution >= 0.6 is 23.4 Å². The van der Waals surface area contributed by atoms with Crippen LogP contribution in [-0.2, 0) is 5.75 Å². The van der Waals surface area contributed by atoms with E-state index in [4.69, 9.17) is 26.1 Å². The Morgan fingerprint density at radius 2 is 1.74 bits per heavy atom. The Morgan fingerprint density at radius 1 is 1.04 bits per heavy atom. The second-order valence-corrected chi connectivity index (χ2v) is 7.31. The predicted molar refractivity (Wildman–Crippen MR) is 107 cm³/mol. The van der Waals surface area contributed by atoms with Gasteiger partial charge in [0.05, 0.1) is 19.7 Å². The SMILES string of the molecule is COc1cc2nc(SCc3ccc(Cl)cc3)n3nc(C)nc3c2cc1OC. The lowest BCUT2D eigenvalue weighted by Gasteiger charge is -2.11. The lowest BCUT2D eigenvalue weighted by molar-refractivity contribution is 0.355. The quantitative estimate of drug-likeness (QED) is 0.362.